The first kappa shape index (κ1) is 18.9. The maximum atomic E-state index is 12.1. The van der Waals surface area contributed by atoms with Gasteiger partial charge in [0.15, 0.2) is 5.82 Å². The van der Waals surface area contributed by atoms with Crippen molar-refractivity contribution in [1.29, 1.82) is 0 Å². The van der Waals surface area contributed by atoms with Crippen molar-refractivity contribution in [3.63, 3.8) is 0 Å². The minimum absolute atomic E-state index is 0.0796. The highest BCUT2D eigenvalue weighted by Crippen LogP contribution is 2.22. The molecule has 0 radical (unpaired) electrons. The number of amides is 1. The lowest BCUT2D eigenvalue weighted by molar-refractivity contribution is 0.0943. The summed E-state index contributed by atoms with van der Waals surface area (Å²) in [6.45, 7) is 6.22. The summed E-state index contributed by atoms with van der Waals surface area (Å²) in [6.07, 6.45) is 0. The van der Waals surface area contributed by atoms with E-state index < -0.39 is 0 Å². The third kappa shape index (κ3) is 4.86. The van der Waals surface area contributed by atoms with Crippen molar-refractivity contribution in [1.82, 2.24) is 15.5 Å². The summed E-state index contributed by atoms with van der Waals surface area (Å²) in [5.74, 6) is 0.877. The minimum atomic E-state index is -0.0796. The molecule has 0 aliphatic carbocycles. The minimum Gasteiger partial charge on any atom is -0.377 e. The highest BCUT2D eigenvalue weighted by atomic mass is 35.5. The Morgan fingerprint density at radius 2 is 2.04 bits per heavy atom. The first-order valence-electron chi connectivity index (χ1n) is 8.66. The second-order valence-electron chi connectivity index (χ2n) is 6.54. The van der Waals surface area contributed by atoms with E-state index in [1.54, 1.807) is 18.2 Å². The number of carbonyl (C=O) groups excluding carboxylic acids is 1. The van der Waals surface area contributed by atoms with E-state index >= 15 is 0 Å². The summed E-state index contributed by atoms with van der Waals surface area (Å²) < 4.78 is 5.30. The summed E-state index contributed by atoms with van der Waals surface area (Å²) in [4.78, 5) is 16.5. The molecule has 0 aliphatic heterocycles. The third-order valence-electron chi connectivity index (χ3n) is 3.88. The lowest BCUT2D eigenvalue weighted by Gasteiger charge is -2.11. The average Bonchev–Trinajstić information content (AvgIpc) is 3.09. The smallest absolute Gasteiger partial charge is 0.258 e. The number of benzene rings is 2. The van der Waals surface area contributed by atoms with Gasteiger partial charge in [0, 0.05) is 27.9 Å². The molecule has 0 spiro atoms. The van der Waals surface area contributed by atoms with Crippen LogP contribution in [0.25, 0.3) is 11.5 Å². The molecule has 2 aromatic carbocycles. The number of aryl methyl sites for hydroxylation is 1. The molecule has 0 bridgehead atoms. The molecule has 3 rings (SSSR count). The van der Waals surface area contributed by atoms with Crippen molar-refractivity contribution in [2.45, 2.75) is 33.4 Å². The number of nitrogens with zero attached hydrogens (tertiary/aromatic N) is 2. The largest absolute Gasteiger partial charge is 0.377 e. The van der Waals surface area contributed by atoms with Gasteiger partial charge in [-0.2, -0.15) is 4.98 Å². The van der Waals surface area contributed by atoms with Crippen LogP contribution >= 0.6 is 11.6 Å². The second-order valence-corrected chi connectivity index (χ2v) is 6.97. The molecule has 2 N–H and O–H groups in total. The summed E-state index contributed by atoms with van der Waals surface area (Å²) in [7, 11) is 0. The fraction of sp³-hybridized carbons (Fsp3) is 0.250. The van der Waals surface area contributed by atoms with Crippen LogP contribution < -0.4 is 10.6 Å². The molecule has 1 amide bonds. The zero-order chi connectivity index (χ0) is 19.4. The van der Waals surface area contributed by atoms with E-state index in [4.69, 9.17) is 16.1 Å². The molecule has 7 heteroatoms. The normalized spacial score (nSPS) is 10.9. The van der Waals surface area contributed by atoms with E-state index in [2.05, 4.69) is 20.8 Å². The van der Waals surface area contributed by atoms with E-state index in [1.165, 1.54) is 0 Å². The number of anilines is 1. The fourth-order valence-corrected chi connectivity index (χ4v) is 2.78. The SMILES string of the molecule is Cc1cc(C(=O)NC(C)C)ccc1NCc1noc(-c2cccc(Cl)c2)n1. The number of nitrogens with one attached hydrogen (secondary N) is 2. The van der Waals surface area contributed by atoms with Crippen LogP contribution in [0.2, 0.25) is 5.02 Å². The predicted molar refractivity (Wildman–Crippen MR) is 106 cm³/mol. The van der Waals surface area contributed by atoms with Crippen LogP contribution in [0.1, 0.15) is 35.6 Å². The van der Waals surface area contributed by atoms with Crippen LogP contribution in [-0.4, -0.2) is 22.1 Å². The summed E-state index contributed by atoms with van der Waals surface area (Å²) in [6, 6.07) is 12.9. The Kier molecular flexibility index (Phi) is 5.76. The Bertz CT molecular complexity index is 953. The maximum Gasteiger partial charge on any atom is 0.258 e. The van der Waals surface area contributed by atoms with Crippen molar-refractivity contribution in [2.75, 3.05) is 5.32 Å². The fourth-order valence-electron chi connectivity index (χ4n) is 2.59. The number of aromatic nitrogens is 2. The average molecular weight is 385 g/mol. The second kappa shape index (κ2) is 8.22. The Hall–Kier alpha value is -2.86. The lowest BCUT2D eigenvalue weighted by Crippen LogP contribution is -2.30. The van der Waals surface area contributed by atoms with Gasteiger partial charge >= 0.3 is 0 Å². The third-order valence-corrected chi connectivity index (χ3v) is 4.12. The van der Waals surface area contributed by atoms with Crippen LogP contribution in [0, 0.1) is 6.92 Å². The monoisotopic (exact) mass is 384 g/mol. The van der Waals surface area contributed by atoms with Crippen molar-refractivity contribution < 1.29 is 9.32 Å². The molecule has 3 aromatic rings. The van der Waals surface area contributed by atoms with Gasteiger partial charge in [0.05, 0.1) is 6.54 Å². The summed E-state index contributed by atoms with van der Waals surface area (Å²) in [5, 5.41) is 10.8. The summed E-state index contributed by atoms with van der Waals surface area (Å²) in [5.41, 5.74) is 3.28. The van der Waals surface area contributed by atoms with Gasteiger partial charge in [0.25, 0.3) is 11.8 Å². The number of halogens is 1. The van der Waals surface area contributed by atoms with Gasteiger partial charge in [-0.15, -0.1) is 0 Å². The zero-order valence-electron chi connectivity index (χ0n) is 15.4. The molecular formula is C20H21ClN4O2. The number of carbonyl (C=O) groups is 1. The standard InChI is InChI=1S/C20H21ClN4O2/c1-12(2)23-19(26)14-7-8-17(13(3)9-14)22-11-18-24-20(27-25-18)15-5-4-6-16(21)10-15/h4-10,12,22H,11H2,1-3H3,(H,23,26). The van der Waals surface area contributed by atoms with Crippen LogP contribution in [-0.2, 0) is 6.54 Å². The molecule has 140 valence electrons. The van der Waals surface area contributed by atoms with Gasteiger partial charge < -0.3 is 15.2 Å². The molecule has 0 fully saturated rings. The Balaban J connectivity index is 1.66. The molecule has 27 heavy (non-hydrogen) atoms. The molecule has 0 atom stereocenters. The molecule has 0 unspecified atom stereocenters. The highest BCUT2D eigenvalue weighted by molar-refractivity contribution is 6.30. The molecular weight excluding hydrogens is 364 g/mol. The van der Waals surface area contributed by atoms with Crippen LogP contribution in [0.3, 0.4) is 0 Å². The van der Waals surface area contributed by atoms with Crippen molar-refractivity contribution in [3.05, 3.63) is 64.4 Å². The van der Waals surface area contributed by atoms with E-state index in [-0.39, 0.29) is 11.9 Å². The van der Waals surface area contributed by atoms with E-state index in [0.717, 1.165) is 16.8 Å². The Morgan fingerprint density at radius 1 is 1.22 bits per heavy atom. The van der Waals surface area contributed by atoms with Crippen molar-refractivity contribution in [3.8, 4) is 11.5 Å². The molecule has 1 aromatic heterocycles. The topological polar surface area (TPSA) is 80.0 Å². The van der Waals surface area contributed by atoms with Gasteiger partial charge in [-0.3, -0.25) is 4.79 Å². The molecule has 0 saturated carbocycles. The first-order chi connectivity index (χ1) is 12.9. The quantitative estimate of drug-likeness (QED) is 0.656. The zero-order valence-corrected chi connectivity index (χ0v) is 16.2. The molecule has 6 nitrogen and oxygen atoms in total. The molecule has 0 aliphatic rings. The highest BCUT2D eigenvalue weighted by Gasteiger charge is 2.11. The van der Waals surface area contributed by atoms with E-state index in [0.29, 0.717) is 28.8 Å². The van der Waals surface area contributed by atoms with E-state index in [9.17, 15) is 4.79 Å². The van der Waals surface area contributed by atoms with Crippen LogP contribution in [0.15, 0.2) is 47.0 Å². The summed E-state index contributed by atoms with van der Waals surface area (Å²) >= 11 is 5.99. The number of rotatable bonds is 6. The van der Waals surface area contributed by atoms with Gasteiger partial charge in [-0.25, -0.2) is 0 Å². The number of hydrogen-bond acceptors (Lipinski definition) is 5. The molecule has 1 heterocycles. The van der Waals surface area contributed by atoms with Gasteiger partial charge in [-0.1, -0.05) is 22.8 Å². The Labute approximate surface area is 162 Å². The van der Waals surface area contributed by atoms with Gasteiger partial charge in [-0.05, 0) is 62.7 Å². The van der Waals surface area contributed by atoms with Crippen molar-refractivity contribution in [2.24, 2.45) is 0 Å². The van der Waals surface area contributed by atoms with Crippen LogP contribution in [0.5, 0.6) is 0 Å². The van der Waals surface area contributed by atoms with Crippen LogP contribution in [0.4, 0.5) is 5.69 Å². The van der Waals surface area contributed by atoms with Gasteiger partial charge in [0.2, 0.25) is 0 Å². The van der Waals surface area contributed by atoms with E-state index in [1.807, 2.05) is 45.0 Å². The predicted octanol–water partition coefficient (Wildman–Crippen LogP) is 4.45. The molecule has 0 saturated heterocycles. The maximum absolute atomic E-state index is 12.1. The Morgan fingerprint density at radius 3 is 2.74 bits per heavy atom. The number of hydrogen-bond donors (Lipinski definition) is 2. The van der Waals surface area contributed by atoms with Crippen molar-refractivity contribution >= 4 is 23.2 Å². The lowest BCUT2D eigenvalue weighted by atomic mass is 10.1. The van der Waals surface area contributed by atoms with Gasteiger partial charge in [0.1, 0.15) is 0 Å². The first-order valence-corrected chi connectivity index (χ1v) is 9.04.